The van der Waals surface area contributed by atoms with E-state index in [0.717, 1.165) is 5.56 Å². The van der Waals surface area contributed by atoms with E-state index in [4.69, 9.17) is 16.9 Å². The number of nitrogens with one attached hydrogen (secondary N) is 1. The highest BCUT2D eigenvalue weighted by Gasteiger charge is 2.22. The number of nitriles is 1. The van der Waals surface area contributed by atoms with Gasteiger partial charge >= 0.3 is 0 Å². The standard InChI is InChI=1S/C18H15ClN4O2S/c1-13-17(14-7-9-15(19)10-8-14)18(21-23(13)12-11-20)22-26(24,25)16-5-3-2-4-6-16/h2-10H,12H2,1H3,(H,21,22). The van der Waals surface area contributed by atoms with Crippen LogP contribution in [0.3, 0.4) is 0 Å². The van der Waals surface area contributed by atoms with Crippen LogP contribution in [-0.4, -0.2) is 18.2 Å². The maximum absolute atomic E-state index is 12.7. The van der Waals surface area contributed by atoms with Crippen LogP contribution in [0.1, 0.15) is 5.69 Å². The topological polar surface area (TPSA) is 87.8 Å². The smallest absolute Gasteiger partial charge is 0.261 e. The van der Waals surface area contributed by atoms with Crippen molar-refractivity contribution in [3.8, 4) is 17.2 Å². The van der Waals surface area contributed by atoms with E-state index in [0.29, 0.717) is 16.3 Å². The van der Waals surface area contributed by atoms with Crippen molar-refractivity contribution in [2.75, 3.05) is 4.72 Å². The van der Waals surface area contributed by atoms with E-state index in [-0.39, 0.29) is 17.3 Å². The second-order valence-electron chi connectivity index (χ2n) is 5.55. The van der Waals surface area contributed by atoms with Gasteiger partial charge < -0.3 is 0 Å². The fraction of sp³-hybridized carbons (Fsp3) is 0.111. The van der Waals surface area contributed by atoms with E-state index in [1.165, 1.54) is 16.8 Å². The summed E-state index contributed by atoms with van der Waals surface area (Å²) in [5, 5.41) is 13.8. The quantitative estimate of drug-likeness (QED) is 0.721. The van der Waals surface area contributed by atoms with Crippen LogP contribution in [0.5, 0.6) is 0 Å². The van der Waals surface area contributed by atoms with Gasteiger partial charge in [-0.25, -0.2) is 8.42 Å². The summed E-state index contributed by atoms with van der Waals surface area (Å²) in [6.07, 6.45) is 0. The van der Waals surface area contributed by atoms with Gasteiger partial charge in [0.2, 0.25) is 0 Å². The minimum atomic E-state index is -3.81. The largest absolute Gasteiger partial charge is 0.263 e. The Bertz CT molecular complexity index is 1070. The Balaban J connectivity index is 2.10. The Morgan fingerprint density at radius 1 is 1.15 bits per heavy atom. The van der Waals surface area contributed by atoms with Crippen molar-refractivity contribution in [3.63, 3.8) is 0 Å². The lowest BCUT2D eigenvalue weighted by atomic mass is 10.1. The number of aromatic nitrogens is 2. The molecule has 0 unspecified atom stereocenters. The lowest BCUT2D eigenvalue weighted by Gasteiger charge is -2.08. The molecule has 0 atom stereocenters. The average Bonchev–Trinajstić information content (AvgIpc) is 2.92. The molecular weight excluding hydrogens is 372 g/mol. The fourth-order valence-corrected chi connectivity index (χ4v) is 3.74. The Kier molecular flexibility index (Phi) is 4.98. The predicted molar refractivity (Wildman–Crippen MR) is 100 cm³/mol. The molecule has 3 rings (SSSR count). The lowest BCUT2D eigenvalue weighted by molar-refractivity contribution is 0.600. The summed E-state index contributed by atoms with van der Waals surface area (Å²) in [6, 6.07) is 17.1. The number of halogens is 1. The average molecular weight is 387 g/mol. The zero-order valence-corrected chi connectivity index (χ0v) is 15.4. The monoisotopic (exact) mass is 386 g/mol. The number of anilines is 1. The van der Waals surface area contributed by atoms with E-state index >= 15 is 0 Å². The molecule has 0 aliphatic carbocycles. The third kappa shape index (κ3) is 3.57. The normalized spacial score (nSPS) is 11.1. The van der Waals surface area contributed by atoms with Crippen molar-refractivity contribution < 1.29 is 8.42 Å². The van der Waals surface area contributed by atoms with Crippen LogP contribution < -0.4 is 4.72 Å². The molecule has 0 spiro atoms. The minimum Gasteiger partial charge on any atom is -0.261 e. The molecule has 0 saturated carbocycles. The molecule has 0 aliphatic heterocycles. The number of nitrogens with zero attached hydrogens (tertiary/aromatic N) is 3. The van der Waals surface area contributed by atoms with Crippen LogP contribution in [0.4, 0.5) is 5.82 Å². The van der Waals surface area contributed by atoms with Crippen molar-refractivity contribution in [1.29, 1.82) is 5.26 Å². The summed E-state index contributed by atoms with van der Waals surface area (Å²) in [5.74, 6) is 0.170. The number of sulfonamides is 1. The molecule has 26 heavy (non-hydrogen) atoms. The third-order valence-corrected chi connectivity index (χ3v) is 5.45. The SMILES string of the molecule is Cc1c(-c2ccc(Cl)cc2)c(NS(=O)(=O)c2ccccc2)nn1CC#N. The van der Waals surface area contributed by atoms with Gasteiger partial charge in [0.15, 0.2) is 5.82 Å². The van der Waals surface area contributed by atoms with Crippen LogP contribution in [-0.2, 0) is 16.6 Å². The minimum absolute atomic E-state index is 0.0134. The van der Waals surface area contributed by atoms with E-state index in [9.17, 15) is 8.42 Å². The second-order valence-corrected chi connectivity index (χ2v) is 7.67. The molecule has 3 aromatic rings. The number of hydrogen-bond donors (Lipinski definition) is 1. The molecule has 0 aliphatic rings. The van der Waals surface area contributed by atoms with Gasteiger partial charge in [-0.05, 0) is 36.8 Å². The zero-order valence-electron chi connectivity index (χ0n) is 13.8. The van der Waals surface area contributed by atoms with Gasteiger partial charge in [-0.15, -0.1) is 0 Å². The van der Waals surface area contributed by atoms with Gasteiger partial charge in [0.25, 0.3) is 10.0 Å². The summed E-state index contributed by atoms with van der Waals surface area (Å²) < 4.78 is 29.3. The molecule has 0 bridgehead atoms. The molecule has 132 valence electrons. The molecule has 1 heterocycles. The summed E-state index contributed by atoms with van der Waals surface area (Å²) in [5.41, 5.74) is 2.04. The summed E-state index contributed by atoms with van der Waals surface area (Å²) in [6.45, 7) is 1.80. The Hall–Kier alpha value is -2.82. The molecule has 1 aromatic heterocycles. The molecular formula is C18H15ClN4O2S. The molecule has 0 fully saturated rings. The number of benzene rings is 2. The summed E-state index contributed by atoms with van der Waals surface area (Å²) >= 11 is 5.94. The van der Waals surface area contributed by atoms with Crippen molar-refractivity contribution >= 4 is 27.4 Å². The predicted octanol–water partition coefficient (Wildman–Crippen LogP) is 3.84. The van der Waals surface area contributed by atoms with Crippen molar-refractivity contribution in [2.24, 2.45) is 0 Å². The van der Waals surface area contributed by atoms with Gasteiger partial charge in [-0.2, -0.15) is 10.4 Å². The molecule has 8 heteroatoms. The third-order valence-electron chi connectivity index (χ3n) is 3.84. The van der Waals surface area contributed by atoms with E-state index < -0.39 is 10.0 Å². The molecule has 0 radical (unpaired) electrons. The fourth-order valence-electron chi connectivity index (χ4n) is 2.59. The molecule has 0 amide bonds. The van der Waals surface area contributed by atoms with E-state index in [2.05, 4.69) is 9.82 Å². The first kappa shape index (κ1) is 18.0. The maximum atomic E-state index is 12.7. The van der Waals surface area contributed by atoms with Gasteiger partial charge in [0, 0.05) is 16.3 Å². The van der Waals surface area contributed by atoms with Crippen molar-refractivity contribution in [1.82, 2.24) is 9.78 Å². The first-order valence-corrected chi connectivity index (χ1v) is 9.56. The van der Waals surface area contributed by atoms with Crippen molar-refractivity contribution in [3.05, 3.63) is 65.3 Å². The van der Waals surface area contributed by atoms with Gasteiger partial charge in [0.1, 0.15) is 6.54 Å². The number of rotatable bonds is 5. The molecule has 0 saturated heterocycles. The van der Waals surface area contributed by atoms with Crippen LogP contribution in [0.25, 0.3) is 11.1 Å². The Morgan fingerprint density at radius 3 is 2.42 bits per heavy atom. The van der Waals surface area contributed by atoms with Crippen molar-refractivity contribution in [2.45, 2.75) is 18.4 Å². The molecule has 2 aromatic carbocycles. The van der Waals surface area contributed by atoms with Gasteiger partial charge in [-0.1, -0.05) is 41.9 Å². The van der Waals surface area contributed by atoms with Crippen LogP contribution in [0, 0.1) is 18.3 Å². The maximum Gasteiger partial charge on any atom is 0.263 e. The zero-order chi connectivity index (χ0) is 18.7. The van der Waals surface area contributed by atoms with E-state index in [1.54, 1.807) is 49.4 Å². The van der Waals surface area contributed by atoms with E-state index in [1.807, 2.05) is 6.07 Å². The Morgan fingerprint density at radius 2 is 1.81 bits per heavy atom. The second kappa shape index (κ2) is 7.20. The molecule has 6 nitrogen and oxygen atoms in total. The van der Waals surface area contributed by atoms with Gasteiger partial charge in [-0.3, -0.25) is 9.40 Å². The first-order chi connectivity index (χ1) is 12.4. The lowest BCUT2D eigenvalue weighted by Crippen LogP contribution is -2.14. The number of hydrogen-bond acceptors (Lipinski definition) is 4. The van der Waals surface area contributed by atoms with Gasteiger partial charge in [0.05, 0.1) is 11.0 Å². The Labute approximate surface area is 156 Å². The van der Waals surface area contributed by atoms with Crippen LogP contribution in [0.15, 0.2) is 59.5 Å². The summed E-state index contributed by atoms with van der Waals surface area (Å²) in [7, 11) is -3.81. The summed E-state index contributed by atoms with van der Waals surface area (Å²) in [4.78, 5) is 0.134. The first-order valence-electron chi connectivity index (χ1n) is 7.70. The highest BCUT2D eigenvalue weighted by atomic mass is 35.5. The highest BCUT2D eigenvalue weighted by molar-refractivity contribution is 7.92. The molecule has 1 N–H and O–H groups in total. The van der Waals surface area contributed by atoms with Crippen LogP contribution >= 0.6 is 11.6 Å². The van der Waals surface area contributed by atoms with Crippen LogP contribution in [0.2, 0.25) is 5.02 Å². The highest BCUT2D eigenvalue weighted by Crippen LogP contribution is 2.33.